The first-order chi connectivity index (χ1) is 14.5. The Morgan fingerprint density at radius 3 is 2.71 bits per heavy atom. The molecule has 1 aromatic carbocycles. The Balaban J connectivity index is 1.68. The molecule has 1 amide bonds. The highest BCUT2D eigenvalue weighted by atomic mass is 19.4. The minimum atomic E-state index is -4.80. The van der Waals surface area contributed by atoms with Gasteiger partial charge in [0.15, 0.2) is 5.76 Å². The van der Waals surface area contributed by atoms with Crippen LogP contribution in [0.5, 0.6) is 5.75 Å². The predicted molar refractivity (Wildman–Crippen MR) is 107 cm³/mol. The van der Waals surface area contributed by atoms with Gasteiger partial charge in [-0.3, -0.25) is 9.69 Å². The average molecular weight is 441 g/mol. The molecule has 2 heterocycles. The van der Waals surface area contributed by atoms with E-state index in [0.29, 0.717) is 18.7 Å². The van der Waals surface area contributed by atoms with E-state index in [9.17, 15) is 18.0 Å². The number of oxazole rings is 1. The minimum Gasteiger partial charge on any atom is -0.432 e. The number of rotatable bonds is 6. The zero-order valence-electron chi connectivity index (χ0n) is 17.8. The number of aromatic nitrogens is 1. The number of carbonyl (C=O) groups is 1. The zero-order chi connectivity index (χ0) is 22.8. The summed E-state index contributed by atoms with van der Waals surface area (Å²) in [6, 6.07) is 5.35. The van der Waals surface area contributed by atoms with E-state index < -0.39 is 12.3 Å². The highest BCUT2D eigenvalue weighted by Crippen LogP contribution is 2.29. The summed E-state index contributed by atoms with van der Waals surface area (Å²) >= 11 is 0. The van der Waals surface area contributed by atoms with E-state index >= 15 is 0 Å². The summed E-state index contributed by atoms with van der Waals surface area (Å²) < 4.78 is 52.0. The van der Waals surface area contributed by atoms with Crippen LogP contribution in [0.15, 0.2) is 34.9 Å². The number of ether oxygens (including phenoxy) is 2. The summed E-state index contributed by atoms with van der Waals surface area (Å²) in [6.07, 6.45) is -2.78. The van der Waals surface area contributed by atoms with E-state index in [1.54, 1.807) is 13.2 Å². The van der Waals surface area contributed by atoms with Crippen molar-refractivity contribution < 1.29 is 31.9 Å². The van der Waals surface area contributed by atoms with Gasteiger partial charge in [0.1, 0.15) is 5.75 Å². The number of benzene rings is 1. The van der Waals surface area contributed by atoms with Crippen molar-refractivity contribution in [2.45, 2.75) is 51.2 Å². The fourth-order valence-corrected chi connectivity index (χ4v) is 3.80. The first-order valence-corrected chi connectivity index (χ1v) is 9.85. The second kappa shape index (κ2) is 8.88. The molecule has 0 bridgehead atoms. The van der Waals surface area contributed by atoms with E-state index in [2.05, 4.69) is 40.7 Å². The summed E-state index contributed by atoms with van der Waals surface area (Å²) in [5.74, 6) is -0.858. The van der Waals surface area contributed by atoms with Crippen LogP contribution >= 0.6 is 0 Å². The van der Waals surface area contributed by atoms with Gasteiger partial charge in [0, 0.05) is 36.8 Å². The molecule has 0 saturated carbocycles. The maximum atomic E-state index is 12.6. The topological polar surface area (TPSA) is 76.8 Å². The van der Waals surface area contributed by atoms with Crippen LogP contribution in [-0.4, -0.2) is 60.0 Å². The summed E-state index contributed by atoms with van der Waals surface area (Å²) in [5, 5.41) is 2.93. The number of methoxy groups -OCH3 is 1. The van der Waals surface area contributed by atoms with Gasteiger partial charge in [-0.2, -0.15) is 0 Å². The Hall–Kier alpha value is -2.59. The summed E-state index contributed by atoms with van der Waals surface area (Å²) in [5.41, 5.74) is 0.232. The van der Waals surface area contributed by atoms with E-state index in [4.69, 9.17) is 9.15 Å². The fraction of sp³-hybridized carbons (Fsp3) is 0.524. The molecule has 1 N–H and O–H groups in total. The summed E-state index contributed by atoms with van der Waals surface area (Å²) in [4.78, 5) is 18.9. The van der Waals surface area contributed by atoms with Crippen molar-refractivity contribution in [2.24, 2.45) is 0 Å². The van der Waals surface area contributed by atoms with Crippen LogP contribution in [0.25, 0.3) is 11.3 Å². The van der Waals surface area contributed by atoms with Crippen LogP contribution in [0.3, 0.4) is 0 Å². The van der Waals surface area contributed by atoms with E-state index in [0.717, 1.165) is 6.42 Å². The average Bonchev–Trinajstić information content (AvgIpc) is 3.28. The second-order valence-electron chi connectivity index (χ2n) is 8.44. The van der Waals surface area contributed by atoms with Crippen LogP contribution in [0.4, 0.5) is 13.2 Å². The van der Waals surface area contributed by atoms with Crippen molar-refractivity contribution in [3.63, 3.8) is 0 Å². The molecule has 3 rings (SSSR count). The van der Waals surface area contributed by atoms with E-state index in [1.165, 1.54) is 24.4 Å². The summed E-state index contributed by atoms with van der Waals surface area (Å²) in [7, 11) is 1.65. The Kier molecular flexibility index (Phi) is 6.61. The monoisotopic (exact) mass is 441 g/mol. The quantitative estimate of drug-likeness (QED) is 0.734. The molecule has 31 heavy (non-hydrogen) atoms. The van der Waals surface area contributed by atoms with Gasteiger partial charge in [0.2, 0.25) is 0 Å². The van der Waals surface area contributed by atoms with Crippen molar-refractivity contribution in [3.8, 4) is 17.1 Å². The van der Waals surface area contributed by atoms with Crippen LogP contribution in [-0.2, 0) is 4.74 Å². The molecule has 2 atom stereocenters. The number of carbonyl (C=O) groups excluding carboxylic acids is 1. The van der Waals surface area contributed by atoms with Crippen molar-refractivity contribution in [2.75, 3.05) is 20.3 Å². The number of nitrogens with one attached hydrogen (secondary N) is 1. The molecule has 170 valence electrons. The smallest absolute Gasteiger partial charge is 0.432 e. The highest BCUT2D eigenvalue weighted by molar-refractivity contribution is 5.90. The first-order valence-electron chi connectivity index (χ1n) is 9.85. The second-order valence-corrected chi connectivity index (χ2v) is 8.44. The maximum Gasteiger partial charge on any atom is 0.573 e. The van der Waals surface area contributed by atoms with Crippen LogP contribution in [0.2, 0.25) is 0 Å². The number of nitrogens with zero attached hydrogens (tertiary/aromatic N) is 2. The van der Waals surface area contributed by atoms with Gasteiger partial charge < -0.3 is 19.2 Å². The number of alkyl halides is 3. The van der Waals surface area contributed by atoms with Gasteiger partial charge >= 0.3 is 12.3 Å². The van der Waals surface area contributed by atoms with Gasteiger partial charge in [-0.15, -0.1) is 13.2 Å². The Labute approximate surface area is 178 Å². The third-order valence-corrected chi connectivity index (χ3v) is 5.02. The van der Waals surface area contributed by atoms with E-state index in [-0.39, 0.29) is 35.0 Å². The third-order valence-electron chi connectivity index (χ3n) is 5.02. The molecule has 2 aromatic rings. The number of amides is 1. The van der Waals surface area contributed by atoms with Gasteiger partial charge in [0.05, 0.1) is 12.8 Å². The lowest BCUT2D eigenvalue weighted by Gasteiger charge is -2.36. The van der Waals surface area contributed by atoms with Gasteiger partial charge in [-0.25, -0.2) is 4.98 Å². The molecule has 1 aliphatic heterocycles. The Bertz CT molecular complexity index is 908. The third kappa shape index (κ3) is 5.98. The number of hydrogen-bond acceptors (Lipinski definition) is 6. The maximum absolute atomic E-state index is 12.6. The normalized spacial score (nSPS) is 20.1. The molecule has 0 radical (unpaired) electrons. The highest BCUT2D eigenvalue weighted by Gasteiger charge is 2.39. The van der Waals surface area contributed by atoms with Crippen molar-refractivity contribution in [1.29, 1.82) is 0 Å². The van der Waals surface area contributed by atoms with Crippen molar-refractivity contribution >= 4 is 5.91 Å². The largest absolute Gasteiger partial charge is 0.573 e. The van der Waals surface area contributed by atoms with Gasteiger partial charge in [-0.05, 0) is 39.3 Å². The molecule has 1 aliphatic rings. The lowest BCUT2D eigenvalue weighted by molar-refractivity contribution is -0.274. The van der Waals surface area contributed by atoms with Crippen LogP contribution < -0.4 is 10.1 Å². The fourth-order valence-electron chi connectivity index (χ4n) is 3.80. The van der Waals surface area contributed by atoms with Crippen LogP contribution in [0.1, 0.15) is 37.9 Å². The van der Waals surface area contributed by atoms with E-state index in [1.807, 2.05) is 0 Å². The molecule has 0 aliphatic carbocycles. The molecule has 7 nitrogen and oxygen atoms in total. The van der Waals surface area contributed by atoms with Crippen molar-refractivity contribution in [3.05, 3.63) is 36.4 Å². The standard InChI is InChI=1S/C21H26F3N3O4/c1-20(2,3)27-11-14(9-15(27)12-29-4)26-18(28)19-25-10-17(30-19)13-6-5-7-16(8-13)31-21(22,23)24/h5-8,10,14-15H,9,11-12H2,1-4H3,(H,26,28)/t14-,15-/m1/s1. The number of halogens is 3. The molecular weight excluding hydrogens is 415 g/mol. The molecule has 10 heteroatoms. The number of likely N-dealkylation sites (tertiary alicyclic amines) is 1. The predicted octanol–water partition coefficient (Wildman–Crippen LogP) is 3.86. The number of hydrogen-bond donors (Lipinski definition) is 1. The zero-order valence-corrected chi connectivity index (χ0v) is 17.8. The lowest BCUT2D eigenvalue weighted by atomic mass is 10.1. The first kappa shape index (κ1) is 23.1. The van der Waals surface area contributed by atoms with Crippen molar-refractivity contribution in [1.82, 2.24) is 15.2 Å². The van der Waals surface area contributed by atoms with Gasteiger partial charge in [0.25, 0.3) is 5.89 Å². The Morgan fingerprint density at radius 1 is 1.32 bits per heavy atom. The lowest BCUT2D eigenvalue weighted by Crippen LogP contribution is -2.47. The molecule has 0 spiro atoms. The Morgan fingerprint density at radius 2 is 2.06 bits per heavy atom. The molecule has 1 aromatic heterocycles. The molecular formula is C21H26F3N3O4. The molecule has 0 unspecified atom stereocenters. The van der Waals surface area contributed by atoms with Gasteiger partial charge in [-0.1, -0.05) is 12.1 Å². The van der Waals surface area contributed by atoms with Crippen LogP contribution in [0, 0.1) is 0 Å². The minimum absolute atomic E-state index is 0.0811. The molecule has 1 saturated heterocycles. The SMILES string of the molecule is COC[C@H]1C[C@@H](NC(=O)c2ncc(-c3cccc(OC(F)(F)F)c3)o2)CN1C(C)(C)C. The summed E-state index contributed by atoms with van der Waals surface area (Å²) in [6.45, 7) is 7.54. The molecule has 1 fully saturated rings.